The lowest BCUT2D eigenvalue weighted by Crippen LogP contribution is -2.30. The lowest BCUT2D eigenvalue weighted by atomic mass is 10.3. The van der Waals surface area contributed by atoms with E-state index in [1.807, 2.05) is 0 Å². The van der Waals surface area contributed by atoms with Crippen LogP contribution in [0.2, 0.25) is 0 Å². The first-order valence-electron chi connectivity index (χ1n) is 9.97. The first-order chi connectivity index (χ1) is 15.5. The SMILES string of the molecule is CCN(c1ccc(OCC(=O)Nc2ccc3c(c2)OCO3)cc1)S(=O)(=O)c1ccccc1. The Morgan fingerprint density at radius 1 is 1.00 bits per heavy atom. The van der Waals surface area contributed by atoms with Crippen LogP contribution in [0.1, 0.15) is 6.92 Å². The molecule has 0 saturated heterocycles. The number of rotatable bonds is 8. The number of benzene rings is 3. The second-order valence-electron chi connectivity index (χ2n) is 6.88. The van der Waals surface area contributed by atoms with Gasteiger partial charge in [0.15, 0.2) is 18.1 Å². The summed E-state index contributed by atoms with van der Waals surface area (Å²) in [6.07, 6.45) is 0. The second kappa shape index (κ2) is 9.19. The van der Waals surface area contributed by atoms with Crippen molar-refractivity contribution >= 4 is 27.3 Å². The Morgan fingerprint density at radius 2 is 1.72 bits per heavy atom. The highest BCUT2D eigenvalue weighted by molar-refractivity contribution is 7.92. The number of amides is 1. The van der Waals surface area contributed by atoms with Crippen LogP contribution in [0.25, 0.3) is 0 Å². The predicted molar refractivity (Wildman–Crippen MR) is 120 cm³/mol. The minimum atomic E-state index is -3.67. The van der Waals surface area contributed by atoms with Gasteiger partial charge in [0.1, 0.15) is 5.75 Å². The Kier molecular flexibility index (Phi) is 6.18. The van der Waals surface area contributed by atoms with Gasteiger partial charge in [-0.3, -0.25) is 9.10 Å². The molecule has 1 aliphatic heterocycles. The Bertz CT molecular complexity index is 1200. The van der Waals surface area contributed by atoms with Crippen LogP contribution in [-0.2, 0) is 14.8 Å². The number of sulfonamides is 1. The van der Waals surface area contributed by atoms with Gasteiger partial charge in [0.2, 0.25) is 6.79 Å². The molecule has 0 aliphatic carbocycles. The number of anilines is 2. The minimum Gasteiger partial charge on any atom is -0.484 e. The van der Waals surface area contributed by atoms with Gasteiger partial charge >= 0.3 is 0 Å². The molecule has 166 valence electrons. The van der Waals surface area contributed by atoms with E-state index in [0.717, 1.165) is 0 Å². The minimum absolute atomic E-state index is 0.161. The van der Waals surface area contributed by atoms with Gasteiger partial charge in [-0.05, 0) is 55.5 Å². The van der Waals surface area contributed by atoms with Crippen LogP contribution in [-0.4, -0.2) is 34.3 Å². The largest absolute Gasteiger partial charge is 0.484 e. The van der Waals surface area contributed by atoms with Crippen LogP contribution in [0.15, 0.2) is 77.7 Å². The monoisotopic (exact) mass is 454 g/mol. The Morgan fingerprint density at radius 3 is 2.44 bits per heavy atom. The molecule has 32 heavy (non-hydrogen) atoms. The summed E-state index contributed by atoms with van der Waals surface area (Å²) in [6.45, 7) is 2.00. The smallest absolute Gasteiger partial charge is 0.264 e. The summed E-state index contributed by atoms with van der Waals surface area (Å²) in [7, 11) is -3.67. The van der Waals surface area contributed by atoms with Crippen molar-refractivity contribution in [1.82, 2.24) is 0 Å². The second-order valence-corrected chi connectivity index (χ2v) is 8.74. The van der Waals surface area contributed by atoms with Crippen molar-refractivity contribution in [2.24, 2.45) is 0 Å². The van der Waals surface area contributed by atoms with E-state index >= 15 is 0 Å². The highest BCUT2D eigenvalue weighted by Gasteiger charge is 2.23. The molecule has 0 aromatic heterocycles. The van der Waals surface area contributed by atoms with E-state index in [2.05, 4.69) is 5.32 Å². The van der Waals surface area contributed by atoms with Gasteiger partial charge in [-0.15, -0.1) is 0 Å². The molecule has 0 atom stereocenters. The summed E-state index contributed by atoms with van der Waals surface area (Å²) in [5, 5.41) is 2.73. The number of ether oxygens (including phenoxy) is 3. The van der Waals surface area contributed by atoms with E-state index in [1.54, 1.807) is 79.7 Å². The van der Waals surface area contributed by atoms with E-state index in [9.17, 15) is 13.2 Å². The van der Waals surface area contributed by atoms with Gasteiger partial charge in [-0.25, -0.2) is 8.42 Å². The van der Waals surface area contributed by atoms with Crippen molar-refractivity contribution in [2.75, 3.05) is 29.6 Å². The molecule has 0 radical (unpaired) electrons. The number of fused-ring (bicyclic) bond motifs is 1. The summed E-state index contributed by atoms with van der Waals surface area (Å²) in [5.74, 6) is 1.32. The van der Waals surface area contributed by atoms with Gasteiger partial charge < -0.3 is 19.5 Å². The molecule has 1 heterocycles. The Labute approximate surface area is 186 Å². The van der Waals surface area contributed by atoms with Crippen LogP contribution >= 0.6 is 0 Å². The van der Waals surface area contributed by atoms with Crippen LogP contribution < -0.4 is 23.8 Å². The molecular formula is C23H22N2O6S. The van der Waals surface area contributed by atoms with Gasteiger partial charge in [0.05, 0.1) is 10.6 Å². The predicted octanol–water partition coefficient (Wildman–Crippen LogP) is 3.65. The Hall–Kier alpha value is -3.72. The van der Waals surface area contributed by atoms with Gasteiger partial charge in [0.25, 0.3) is 15.9 Å². The lowest BCUT2D eigenvalue weighted by Gasteiger charge is -2.23. The average Bonchev–Trinajstić information content (AvgIpc) is 3.27. The molecule has 8 nitrogen and oxygen atoms in total. The number of carbonyl (C=O) groups excluding carboxylic acids is 1. The first-order valence-corrected chi connectivity index (χ1v) is 11.4. The maximum absolute atomic E-state index is 12.9. The molecule has 3 aromatic carbocycles. The average molecular weight is 455 g/mol. The van der Waals surface area contributed by atoms with Crippen molar-refractivity contribution in [3.05, 3.63) is 72.8 Å². The van der Waals surface area contributed by atoms with E-state index in [1.165, 1.54) is 4.31 Å². The molecular weight excluding hydrogens is 432 g/mol. The summed E-state index contributed by atoms with van der Waals surface area (Å²) in [4.78, 5) is 12.4. The molecule has 3 aromatic rings. The van der Waals surface area contributed by atoms with Gasteiger partial charge in [0, 0.05) is 18.3 Å². The first kappa shape index (κ1) is 21.5. The standard InChI is InChI=1S/C23H22N2O6S/c1-2-25(32(27,28)20-6-4-3-5-7-20)18-9-11-19(12-10-18)29-15-23(26)24-17-8-13-21-22(14-17)31-16-30-21/h3-14H,2,15-16H2,1H3,(H,24,26). The summed E-state index contributed by atoms with van der Waals surface area (Å²) >= 11 is 0. The maximum Gasteiger partial charge on any atom is 0.264 e. The highest BCUT2D eigenvalue weighted by Crippen LogP contribution is 2.34. The van der Waals surface area contributed by atoms with E-state index in [-0.39, 0.29) is 30.7 Å². The summed E-state index contributed by atoms with van der Waals surface area (Å²) in [6, 6.07) is 19.9. The normalized spacial score (nSPS) is 12.3. The van der Waals surface area contributed by atoms with Crippen molar-refractivity contribution < 1.29 is 27.4 Å². The van der Waals surface area contributed by atoms with E-state index < -0.39 is 10.0 Å². The molecule has 0 unspecified atom stereocenters. The molecule has 0 bridgehead atoms. The van der Waals surface area contributed by atoms with Crippen LogP contribution in [0, 0.1) is 0 Å². The zero-order valence-electron chi connectivity index (χ0n) is 17.4. The maximum atomic E-state index is 12.9. The van der Waals surface area contributed by atoms with E-state index in [0.29, 0.717) is 28.6 Å². The fourth-order valence-electron chi connectivity index (χ4n) is 3.24. The zero-order valence-corrected chi connectivity index (χ0v) is 18.2. The van der Waals surface area contributed by atoms with E-state index in [4.69, 9.17) is 14.2 Å². The zero-order chi connectivity index (χ0) is 22.6. The van der Waals surface area contributed by atoms with Crippen LogP contribution in [0.5, 0.6) is 17.2 Å². The third-order valence-corrected chi connectivity index (χ3v) is 6.69. The van der Waals surface area contributed by atoms with Crippen molar-refractivity contribution in [1.29, 1.82) is 0 Å². The molecule has 0 spiro atoms. The molecule has 1 aliphatic rings. The molecule has 1 N–H and O–H groups in total. The fourth-order valence-corrected chi connectivity index (χ4v) is 4.73. The third kappa shape index (κ3) is 4.62. The molecule has 0 saturated carbocycles. The van der Waals surface area contributed by atoms with Crippen LogP contribution in [0.3, 0.4) is 0 Å². The molecule has 1 amide bonds. The summed E-state index contributed by atoms with van der Waals surface area (Å²) < 4.78 is 43.3. The number of nitrogens with zero attached hydrogens (tertiary/aromatic N) is 1. The van der Waals surface area contributed by atoms with Gasteiger partial charge in [-0.2, -0.15) is 0 Å². The van der Waals surface area contributed by atoms with Crippen molar-refractivity contribution in [3.63, 3.8) is 0 Å². The lowest BCUT2D eigenvalue weighted by molar-refractivity contribution is -0.118. The van der Waals surface area contributed by atoms with Crippen molar-refractivity contribution in [3.8, 4) is 17.2 Å². The third-order valence-electron chi connectivity index (χ3n) is 4.77. The number of hydrogen-bond acceptors (Lipinski definition) is 6. The molecule has 4 rings (SSSR count). The fraction of sp³-hybridized carbons (Fsp3) is 0.174. The quantitative estimate of drug-likeness (QED) is 0.558. The molecule has 9 heteroatoms. The number of nitrogens with one attached hydrogen (secondary N) is 1. The highest BCUT2D eigenvalue weighted by atomic mass is 32.2. The van der Waals surface area contributed by atoms with Crippen LogP contribution in [0.4, 0.5) is 11.4 Å². The number of carbonyl (C=O) groups is 1. The topological polar surface area (TPSA) is 94.2 Å². The molecule has 0 fully saturated rings. The van der Waals surface area contributed by atoms with Crippen molar-refractivity contribution in [2.45, 2.75) is 11.8 Å². The van der Waals surface area contributed by atoms with Gasteiger partial charge in [-0.1, -0.05) is 18.2 Å². The number of hydrogen-bond donors (Lipinski definition) is 1. The Balaban J connectivity index is 1.37. The summed E-state index contributed by atoms with van der Waals surface area (Å²) in [5.41, 5.74) is 1.08.